The van der Waals surface area contributed by atoms with Crippen LogP contribution in [0, 0.1) is 0 Å². The van der Waals surface area contributed by atoms with Gasteiger partial charge in [0, 0.05) is 12.8 Å². The minimum absolute atomic E-state index is 0.178. The van der Waals surface area contributed by atoms with Crippen molar-refractivity contribution in [2.45, 2.75) is 12.8 Å². The third kappa shape index (κ3) is 3.46. The largest absolute Gasteiger partial charge is 0.495 e. The van der Waals surface area contributed by atoms with E-state index >= 15 is 0 Å². The highest BCUT2D eigenvalue weighted by Crippen LogP contribution is 2.00. The van der Waals surface area contributed by atoms with Gasteiger partial charge in [-0.25, -0.2) is 10.6 Å². The first-order chi connectivity index (χ1) is 10.7. The monoisotopic (exact) mass is 300 g/mol. The van der Waals surface area contributed by atoms with E-state index in [2.05, 4.69) is 10.6 Å². The van der Waals surface area contributed by atoms with Gasteiger partial charge in [-0.05, 0) is 24.3 Å². The van der Waals surface area contributed by atoms with E-state index in [4.69, 9.17) is 0 Å². The van der Waals surface area contributed by atoms with Crippen LogP contribution in [0.4, 0.5) is 9.59 Å². The maximum atomic E-state index is 11.8. The molecule has 0 saturated carbocycles. The molecule has 6 nitrogen and oxygen atoms in total. The molecule has 0 aliphatic heterocycles. The Morgan fingerprint density at radius 3 is 1.59 bits per heavy atom. The Labute approximate surface area is 129 Å². The van der Waals surface area contributed by atoms with Crippen molar-refractivity contribution in [2.75, 3.05) is 14.1 Å². The molecule has 0 spiro atoms. The summed E-state index contributed by atoms with van der Waals surface area (Å²) in [7, 11) is 3.20. The fourth-order valence-electron chi connectivity index (χ4n) is 2.26. The molecule has 0 bridgehead atoms. The van der Waals surface area contributed by atoms with Gasteiger partial charge in [-0.15, -0.1) is 0 Å². The molecule has 22 heavy (non-hydrogen) atoms. The first-order valence-corrected chi connectivity index (χ1v) is 7.10. The number of hydrogen-bond acceptors (Lipinski definition) is 2. The molecule has 0 unspecified atom stereocenters. The molecule has 0 aliphatic carbocycles. The van der Waals surface area contributed by atoms with Crippen molar-refractivity contribution in [3.8, 4) is 0 Å². The molecule has 2 N–H and O–H groups in total. The van der Waals surface area contributed by atoms with Crippen LogP contribution >= 0.6 is 0 Å². The first kappa shape index (κ1) is 15.6. The molecule has 0 fully saturated rings. The lowest BCUT2D eigenvalue weighted by Gasteiger charge is -2.06. The van der Waals surface area contributed by atoms with E-state index in [1.165, 1.54) is 0 Å². The van der Waals surface area contributed by atoms with Crippen molar-refractivity contribution in [2.24, 2.45) is 0 Å². The van der Waals surface area contributed by atoms with Crippen LogP contribution in [-0.2, 0) is 12.8 Å². The van der Waals surface area contributed by atoms with Crippen molar-refractivity contribution >= 4 is 12.1 Å². The maximum absolute atomic E-state index is 11.8. The standard InChI is InChI=1S/C16H18N4O2/c1-17-15(21)19-11-5-3-7-13(19)9-10-14-8-4-6-12-20(14)16(22)18-2/h3-8,11-12H,9-10H2,1-2H3/p+2. The van der Waals surface area contributed by atoms with Crippen LogP contribution < -0.4 is 19.8 Å². The van der Waals surface area contributed by atoms with E-state index in [-0.39, 0.29) is 12.1 Å². The van der Waals surface area contributed by atoms with Crippen molar-refractivity contribution in [1.82, 2.24) is 10.6 Å². The van der Waals surface area contributed by atoms with Crippen molar-refractivity contribution in [3.05, 3.63) is 60.2 Å². The molecule has 0 radical (unpaired) electrons. The summed E-state index contributed by atoms with van der Waals surface area (Å²) >= 11 is 0. The third-order valence-electron chi connectivity index (χ3n) is 3.39. The minimum Gasteiger partial charge on any atom is -0.240 e. The zero-order valence-corrected chi connectivity index (χ0v) is 12.7. The SMILES string of the molecule is CNC(=O)[n+]1ccccc1CCc1cccc[n+]1C(=O)NC. The highest BCUT2D eigenvalue weighted by molar-refractivity contribution is 5.64. The lowest BCUT2D eigenvalue weighted by atomic mass is 10.1. The quantitative estimate of drug-likeness (QED) is 0.807. The number of carbonyl (C=O) groups is 2. The van der Waals surface area contributed by atoms with E-state index in [0.29, 0.717) is 12.8 Å². The average molecular weight is 300 g/mol. The molecule has 2 aromatic heterocycles. The normalized spacial score (nSPS) is 10.1. The molecule has 2 rings (SSSR count). The van der Waals surface area contributed by atoms with Gasteiger partial charge in [-0.1, -0.05) is 12.1 Å². The summed E-state index contributed by atoms with van der Waals surface area (Å²) in [5.74, 6) is 0. The molecule has 0 aromatic carbocycles. The Balaban J connectivity index is 2.21. The topological polar surface area (TPSA) is 66.0 Å². The van der Waals surface area contributed by atoms with Crippen molar-refractivity contribution in [3.63, 3.8) is 0 Å². The second-order valence-corrected chi connectivity index (χ2v) is 4.73. The van der Waals surface area contributed by atoms with Crippen LogP contribution in [-0.4, -0.2) is 26.2 Å². The van der Waals surface area contributed by atoms with Gasteiger partial charge in [-0.3, -0.25) is 0 Å². The number of pyridine rings is 2. The van der Waals surface area contributed by atoms with Gasteiger partial charge in [0.25, 0.3) is 0 Å². The molecule has 2 heterocycles. The van der Waals surface area contributed by atoms with Gasteiger partial charge in [0.1, 0.15) is 11.4 Å². The van der Waals surface area contributed by atoms with Gasteiger partial charge < -0.3 is 0 Å². The zero-order chi connectivity index (χ0) is 15.9. The summed E-state index contributed by atoms with van der Waals surface area (Å²) < 4.78 is 3.15. The van der Waals surface area contributed by atoms with Gasteiger partial charge in [0.05, 0.1) is 26.5 Å². The molecular weight excluding hydrogens is 280 g/mol. The van der Waals surface area contributed by atoms with E-state index in [0.717, 1.165) is 11.4 Å². The van der Waals surface area contributed by atoms with Gasteiger partial charge in [-0.2, -0.15) is 18.7 Å². The van der Waals surface area contributed by atoms with Crippen LogP contribution in [0.1, 0.15) is 11.4 Å². The maximum Gasteiger partial charge on any atom is 0.495 e. The van der Waals surface area contributed by atoms with Crippen LogP contribution in [0.3, 0.4) is 0 Å². The molecule has 0 atom stereocenters. The van der Waals surface area contributed by atoms with Crippen LogP contribution in [0.2, 0.25) is 0 Å². The number of nitrogens with one attached hydrogen (secondary N) is 2. The van der Waals surface area contributed by atoms with Crippen molar-refractivity contribution in [1.29, 1.82) is 0 Å². The lowest BCUT2D eigenvalue weighted by Crippen LogP contribution is -2.53. The molecule has 114 valence electrons. The summed E-state index contributed by atoms with van der Waals surface area (Å²) in [5, 5.41) is 5.23. The summed E-state index contributed by atoms with van der Waals surface area (Å²) in [5.41, 5.74) is 1.77. The minimum atomic E-state index is -0.178. The van der Waals surface area contributed by atoms with Crippen molar-refractivity contribution < 1.29 is 18.7 Å². The Hall–Kier alpha value is -2.76. The Morgan fingerprint density at radius 1 is 0.818 bits per heavy atom. The molecule has 2 aromatic rings. The van der Waals surface area contributed by atoms with E-state index < -0.39 is 0 Å². The zero-order valence-electron chi connectivity index (χ0n) is 12.7. The fourth-order valence-corrected chi connectivity index (χ4v) is 2.26. The second-order valence-electron chi connectivity index (χ2n) is 4.73. The predicted molar refractivity (Wildman–Crippen MR) is 80.4 cm³/mol. The molecule has 6 heteroatoms. The highest BCUT2D eigenvalue weighted by atomic mass is 16.2. The number of hydrogen-bond donors (Lipinski definition) is 2. The molecule has 0 saturated heterocycles. The fraction of sp³-hybridized carbons (Fsp3) is 0.250. The first-order valence-electron chi connectivity index (χ1n) is 7.10. The van der Waals surface area contributed by atoms with E-state index in [1.807, 2.05) is 36.4 Å². The average Bonchev–Trinajstić information content (AvgIpc) is 2.59. The van der Waals surface area contributed by atoms with Gasteiger partial charge in [0.15, 0.2) is 0 Å². The Kier molecular flexibility index (Phi) is 5.19. The number of carbonyl (C=O) groups excluding carboxylic acids is 2. The number of rotatable bonds is 3. The predicted octanol–water partition coefficient (Wildman–Crippen LogP) is 0.422. The molecular formula is C16H20N4O2+2. The van der Waals surface area contributed by atoms with E-state index in [1.54, 1.807) is 35.6 Å². The number of aromatic nitrogens is 2. The van der Waals surface area contributed by atoms with Gasteiger partial charge >= 0.3 is 12.1 Å². The second kappa shape index (κ2) is 7.31. The highest BCUT2D eigenvalue weighted by Gasteiger charge is 2.18. The lowest BCUT2D eigenvalue weighted by molar-refractivity contribution is -0.586. The number of nitrogens with zero attached hydrogens (tertiary/aromatic N) is 2. The number of amides is 2. The van der Waals surface area contributed by atoms with E-state index in [9.17, 15) is 9.59 Å². The summed E-state index contributed by atoms with van der Waals surface area (Å²) in [6.07, 6.45) is 4.75. The van der Waals surface area contributed by atoms with Gasteiger partial charge in [0.2, 0.25) is 0 Å². The Bertz CT molecular complexity index is 626. The van der Waals surface area contributed by atoms with Crippen LogP contribution in [0.5, 0.6) is 0 Å². The van der Waals surface area contributed by atoms with Crippen LogP contribution in [0.25, 0.3) is 0 Å². The molecule has 0 aliphatic rings. The summed E-state index contributed by atoms with van der Waals surface area (Å²) in [4.78, 5) is 23.7. The van der Waals surface area contributed by atoms with Crippen LogP contribution in [0.15, 0.2) is 48.8 Å². The Morgan fingerprint density at radius 2 is 1.23 bits per heavy atom. The third-order valence-corrected chi connectivity index (χ3v) is 3.39. The smallest absolute Gasteiger partial charge is 0.240 e. The summed E-state index contributed by atoms with van der Waals surface area (Å²) in [6.45, 7) is 0. The summed E-state index contributed by atoms with van der Waals surface area (Å²) in [6, 6.07) is 10.9. The molecule has 2 amide bonds. The number of aryl methyl sites for hydroxylation is 2.